The predicted octanol–water partition coefficient (Wildman–Crippen LogP) is -0.612. The molecule has 1 aliphatic rings. The van der Waals surface area contributed by atoms with E-state index >= 15 is 0 Å². The van der Waals surface area contributed by atoms with Crippen molar-refractivity contribution in [1.82, 2.24) is 10.2 Å². The average Bonchev–Trinajstić information content (AvgIpc) is 1.94. The zero-order chi connectivity index (χ0) is 7.40. The van der Waals surface area contributed by atoms with Crippen LogP contribution in [0.2, 0.25) is 0 Å². The van der Waals surface area contributed by atoms with E-state index in [4.69, 9.17) is 0 Å². The maximum absolute atomic E-state index is 11.7. The normalized spacial score (nSPS) is 19.7. The minimum atomic E-state index is -0.439. The molecule has 58 valence electrons. The van der Waals surface area contributed by atoms with Crippen LogP contribution in [0, 0.1) is 0 Å². The smallest absolute Gasteiger partial charge is 0.236 e. The number of carbonyl (C=O) groups excluding carboxylic acids is 1. The third kappa shape index (κ3) is 1.67. The number of hydrogen-bond donors (Lipinski definition) is 1. The average molecular weight is 146 g/mol. The van der Waals surface area contributed by atoms with Crippen LogP contribution in [-0.2, 0) is 4.79 Å². The minimum Gasteiger partial charge on any atom is -0.338 e. The predicted molar refractivity (Wildman–Crippen MR) is 35.4 cm³/mol. The highest BCUT2D eigenvalue weighted by Gasteiger charge is 2.15. The fourth-order valence-electron chi connectivity index (χ4n) is 0.984. The van der Waals surface area contributed by atoms with E-state index in [9.17, 15) is 9.18 Å². The lowest BCUT2D eigenvalue weighted by Gasteiger charge is -2.25. The number of halogens is 1. The van der Waals surface area contributed by atoms with Gasteiger partial charge in [0.05, 0.1) is 6.54 Å². The summed E-state index contributed by atoms with van der Waals surface area (Å²) in [6.07, 6.45) is 0. The Labute approximate surface area is 59.2 Å². The molecule has 0 bridgehead atoms. The maximum Gasteiger partial charge on any atom is 0.236 e. The van der Waals surface area contributed by atoms with E-state index in [0.29, 0.717) is 13.1 Å². The third-order valence-corrected chi connectivity index (χ3v) is 1.54. The summed E-state index contributed by atoms with van der Waals surface area (Å²) in [5.74, 6) is 0.00361. The summed E-state index contributed by atoms with van der Waals surface area (Å²) in [4.78, 5) is 12.4. The van der Waals surface area contributed by atoms with E-state index in [1.54, 1.807) is 0 Å². The van der Waals surface area contributed by atoms with Gasteiger partial charge in [0.15, 0.2) is 0 Å². The molecule has 0 aromatic rings. The van der Waals surface area contributed by atoms with Crippen LogP contribution in [0.15, 0.2) is 0 Å². The molecule has 1 rings (SSSR count). The van der Waals surface area contributed by atoms with Gasteiger partial charge >= 0.3 is 0 Å². The van der Waals surface area contributed by atoms with Crippen molar-refractivity contribution in [2.75, 3.05) is 32.9 Å². The van der Waals surface area contributed by atoms with Crippen LogP contribution < -0.4 is 5.32 Å². The highest BCUT2D eigenvalue weighted by atomic mass is 19.1. The van der Waals surface area contributed by atoms with Gasteiger partial charge in [0, 0.05) is 19.6 Å². The van der Waals surface area contributed by atoms with Crippen molar-refractivity contribution >= 4 is 5.91 Å². The molecule has 1 N–H and O–H groups in total. The van der Waals surface area contributed by atoms with Crippen molar-refractivity contribution in [3.63, 3.8) is 0 Å². The summed E-state index contributed by atoms with van der Waals surface area (Å²) in [6.45, 7) is 1.60. The van der Waals surface area contributed by atoms with Crippen molar-refractivity contribution in [2.24, 2.45) is 0 Å². The molecule has 0 aliphatic carbocycles. The van der Waals surface area contributed by atoms with Crippen LogP contribution >= 0.6 is 0 Å². The second-order valence-corrected chi connectivity index (χ2v) is 2.25. The van der Waals surface area contributed by atoms with Gasteiger partial charge in [-0.1, -0.05) is 0 Å². The van der Waals surface area contributed by atoms with Crippen molar-refractivity contribution in [3.05, 3.63) is 0 Å². The number of rotatable bonds is 2. The Kier molecular flexibility index (Phi) is 2.62. The van der Waals surface area contributed by atoms with E-state index in [0.717, 1.165) is 6.54 Å². The van der Waals surface area contributed by atoms with Crippen LogP contribution in [0.4, 0.5) is 4.39 Å². The number of alkyl halides is 1. The zero-order valence-electron chi connectivity index (χ0n) is 5.77. The second kappa shape index (κ2) is 3.51. The first-order chi connectivity index (χ1) is 4.84. The fourth-order valence-corrected chi connectivity index (χ4v) is 0.984. The number of nitrogens with zero attached hydrogens (tertiary/aromatic N) is 1. The van der Waals surface area contributed by atoms with Gasteiger partial charge in [0.25, 0.3) is 0 Å². The molecule has 1 amide bonds. The van der Waals surface area contributed by atoms with Crippen molar-refractivity contribution in [1.29, 1.82) is 0 Å². The first-order valence-electron chi connectivity index (χ1n) is 3.39. The highest BCUT2D eigenvalue weighted by Crippen LogP contribution is 1.92. The van der Waals surface area contributed by atoms with E-state index in [1.165, 1.54) is 4.90 Å². The van der Waals surface area contributed by atoms with Crippen molar-refractivity contribution < 1.29 is 9.18 Å². The van der Waals surface area contributed by atoms with Crippen LogP contribution in [0.3, 0.4) is 0 Å². The minimum absolute atomic E-state index is 0.00361. The first-order valence-corrected chi connectivity index (χ1v) is 3.39. The van der Waals surface area contributed by atoms with Gasteiger partial charge in [0.2, 0.25) is 5.91 Å². The zero-order valence-corrected chi connectivity index (χ0v) is 5.77. The largest absolute Gasteiger partial charge is 0.338 e. The SMILES string of the molecule is O=C1CNCCN1CCF. The fraction of sp³-hybridized carbons (Fsp3) is 0.833. The molecule has 1 heterocycles. The molecule has 4 heteroatoms. The number of carbonyl (C=O) groups is 1. The molecule has 1 aliphatic heterocycles. The number of amides is 1. The Morgan fingerprint density at radius 1 is 1.70 bits per heavy atom. The van der Waals surface area contributed by atoms with Gasteiger partial charge in [-0.05, 0) is 0 Å². The van der Waals surface area contributed by atoms with Crippen LogP contribution in [0.5, 0.6) is 0 Å². The van der Waals surface area contributed by atoms with E-state index < -0.39 is 6.67 Å². The van der Waals surface area contributed by atoms with Crippen molar-refractivity contribution in [3.8, 4) is 0 Å². The standard InChI is InChI=1S/C6H11FN2O/c7-1-3-9-4-2-8-5-6(9)10/h8H,1-5H2. The molecule has 3 nitrogen and oxygen atoms in total. The highest BCUT2D eigenvalue weighted by molar-refractivity contribution is 5.78. The molecule has 0 saturated carbocycles. The molecule has 1 fully saturated rings. The lowest BCUT2D eigenvalue weighted by Crippen LogP contribution is -2.48. The molecular formula is C6H11FN2O. The van der Waals surface area contributed by atoms with Crippen LogP contribution in [0.1, 0.15) is 0 Å². The summed E-state index contributed by atoms with van der Waals surface area (Å²) >= 11 is 0. The van der Waals surface area contributed by atoms with Crippen molar-refractivity contribution in [2.45, 2.75) is 0 Å². The Morgan fingerprint density at radius 2 is 2.50 bits per heavy atom. The number of nitrogens with one attached hydrogen (secondary N) is 1. The number of hydrogen-bond acceptors (Lipinski definition) is 2. The Hall–Kier alpha value is -0.640. The van der Waals surface area contributed by atoms with Crippen LogP contribution in [-0.4, -0.2) is 43.7 Å². The van der Waals surface area contributed by atoms with Gasteiger partial charge in [-0.25, -0.2) is 4.39 Å². The summed E-state index contributed by atoms with van der Waals surface area (Å²) in [6, 6.07) is 0. The summed E-state index contributed by atoms with van der Waals surface area (Å²) in [7, 11) is 0. The second-order valence-electron chi connectivity index (χ2n) is 2.25. The van der Waals surface area contributed by atoms with Gasteiger partial charge < -0.3 is 10.2 Å². The lowest BCUT2D eigenvalue weighted by atomic mass is 10.3. The third-order valence-electron chi connectivity index (χ3n) is 1.54. The Bertz CT molecular complexity index is 127. The molecule has 0 unspecified atom stereocenters. The topological polar surface area (TPSA) is 32.3 Å². The van der Waals surface area contributed by atoms with E-state index in [2.05, 4.69) is 5.32 Å². The number of piperazine rings is 1. The molecule has 10 heavy (non-hydrogen) atoms. The quantitative estimate of drug-likeness (QED) is 0.563. The monoisotopic (exact) mass is 146 g/mol. The molecule has 0 spiro atoms. The first kappa shape index (κ1) is 7.47. The molecule has 0 aromatic heterocycles. The van der Waals surface area contributed by atoms with E-state index in [-0.39, 0.29) is 12.5 Å². The Morgan fingerprint density at radius 3 is 3.10 bits per heavy atom. The summed E-state index contributed by atoms with van der Waals surface area (Å²) in [5, 5.41) is 2.91. The van der Waals surface area contributed by atoms with Gasteiger partial charge in [0.1, 0.15) is 6.67 Å². The Balaban J connectivity index is 2.32. The van der Waals surface area contributed by atoms with Gasteiger partial charge in [-0.2, -0.15) is 0 Å². The van der Waals surface area contributed by atoms with E-state index in [1.807, 2.05) is 0 Å². The molecule has 0 atom stereocenters. The molecule has 0 aromatic carbocycles. The van der Waals surface area contributed by atoms with Crippen LogP contribution in [0.25, 0.3) is 0 Å². The molecular weight excluding hydrogens is 135 g/mol. The molecule has 1 saturated heterocycles. The van der Waals surface area contributed by atoms with Gasteiger partial charge in [-0.3, -0.25) is 4.79 Å². The summed E-state index contributed by atoms with van der Waals surface area (Å²) < 4.78 is 11.7. The lowest BCUT2D eigenvalue weighted by molar-refractivity contribution is -0.132. The molecule has 0 radical (unpaired) electrons. The summed E-state index contributed by atoms with van der Waals surface area (Å²) in [5.41, 5.74) is 0. The van der Waals surface area contributed by atoms with Gasteiger partial charge in [-0.15, -0.1) is 0 Å². The maximum atomic E-state index is 11.7.